The minimum absolute atomic E-state index is 0.640. The third-order valence-electron chi connectivity index (χ3n) is 8.61. The van der Waals surface area contributed by atoms with Gasteiger partial charge in [0.1, 0.15) is 0 Å². The number of fused-ring (bicyclic) bond motifs is 6. The number of benzene rings is 3. The van der Waals surface area contributed by atoms with E-state index in [0.29, 0.717) is 5.41 Å². The van der Waals surface area contributed by atoms with Crippen LogP contribution < -0.4 is 5.32 Å². The van der Waals surface area contributed by atoms with E-state index < -0.39 is 0 Å². The summed E-state index contributed by atoms with van der Waals surface area (Å²) in [5.74, 6) is 3.54. The molecule has 5 atom stereocenters. The summed E-state index contributed by atoms with van der Waals surface area (Å²) in [5.41, 5.74) is 9.19. The van der Waals surface area contributed by atoms with Crippen molar-refractivity contribution < 1.29 is 0 Å². The molecule has 1 heteroatoms. The van der Waals surface area contributed by atoms with Crippen LogP contribution in [0, 0.1) is 17.3 Å². The van der Waals surface area contributed by atoms with Crippen LogP contribution in [0.25, 0.3) is 11.1 Å². The number of nitrogens with one attached hydrogen (secondary N) is 1. The van der Waals surface area contributed by atoms with Gasteiger partial charge in [0.05, 0.1) is 0 Å². The van der Waals surface area contributed by atoms with Crippen molar-refractivity contribution in [2.45, 2.75) is 37.5 Å². The van der Waals surface area contributed by atoms with Crippen molar-refractivity contribution in [2.24, 2.45) is 17.3 Å². The molecule has 3 aromatic rings. The van der Waals surface area contributed by atoms with E-state index in [1.165, 1.54) is 42.5 Å². The van der Waals surface area contributed by atoms with E-state index in [0.717, 1.165) is 29.4 Å². The Balaban J connectivity index is 1.41. The molecular formula is C27H25N. The van der Waals surface area contributed by atoms with Gasteiger partial charge < -0.3 is 5.32 Å². The highest BCUT2D eigenvalue weighted by molar-refractivity contribution is 5.78. The molecule has 7 rings (SSSR count). The minimum Gasteiger partial charge on any atom is -0.356 e. The lowest BCUT2D eigenvalue weighted by Crippen LogP contribution is -2.58. The quantitative estimate of drug-likeness (QED) is 0.512. The maximum Gasteiger partial charge on any atom is 0.0390 e. The molecule has 0 amide bonds. The highest BCUT2D eigenvalue weighted by Gasteiger charge is 2.70. The van der Waals surface area contributed by atoms with E-state index in [9.17, 15) is 0 Å². The van der Waals surface area contributed by atoms with E-state index in [4.69, 9.17) is 0 Å². The Morgan fingerprint density at radius 1 is 0.679 bits per heavy atom. The first kappa shape index (κ1) is 15.4. The summed E-state index contributed by atoms with van der Waals surface area (Å²) in [7, 11) is 0. The van der Waals surface area contributed by atoms with Gasteiger partial charge >= 0.3 is 0 Å². The molecule has 28 heavy (non-hydrogen) atoms. The van der Waals surface area contributed by atoms with Gasteiger partial charge in [-0.3, -0.25) is 0 Å². The average Bonchev–Trinajstić information content (AvgIpc) is 3.09. The van der Waals surface area contributed by atoms with Gasteiger partial charge in [-0.05, 0) is 101 Å². The molecule has 3 aromatic carbocycles. The second-order valence-electron chi connectivity index (χ2n) is 9.55. The van der Waals surface area contributed by atoms with Gasteiger partial charge in [-0.15, -0.1) is 0 Å². The zero-order chi connectivity index (χ0) is 18.3. The molecule has 1 N–H and O–H groups in total. The maximum absolute atomic E-state index is 3.62. The summed E-state index contributed by atoms with van der Waals surface area (Å²) in [5, 5.41) is 3.62. The number of hydrogen-bond acceptors (Lipinski definition) is 1. The monoisotopic (exact) mass is 363 g/mol. The highest BCUT2D eigenvalue weighted by Crippen LogP contribution is 2.80. The van der Waals surface area contributed by atoms with Crippen molar-refractivity contribution in [3.05, 3.63) is 83.9 Å². The highest BCUT2D eigenvalue weighted by atomic mass is 14.9. The fraction of sp³-hybridized carbons (Fsp3) is 0.333. The molecule has 138 valence electrons. The van der Waals surface area contributed by atoms with Gasteiger partial charge in [0, 0.05) is 11.4 Å². The topological polar surface area (TPSA) is 12.0 Å². The summed E-state index contributed by atoms with van der Waals surface area (Å²) in [6.07, 6.45) is 5.78. The fourth-order valence-corrected chi connectivity index (χ4v) is 7.44. The van der Waals surface area contributed by atoms with Gasteiger partial charge in [0.2, 0.25) is 0 Å². The van der Waals surface area contributed by atoms with Crippen molar-refractivity contribution >= 4 is 11.4 Å². The smallest absolute Gasteiger partial charge is 0.0390 e. The van der Waals surface area contributed by atoms with Crippen LogP contribution >= 0.6 is 0 Å². The number of rotatable bonds is 2. The van der Waals surface area contributed by atoms with Gasteiger partial charge in [-0.25, -0.2) is 0 Å². The molecular weight excluding hydrogens is 338 g/mol. The summed E-state index contributed by atoms with van der Waals surface area (Å²) in [6, 6.07) is 27.0. The van der Waals surface area contributed by atoms with E-state index in [1.54, 1.807) is 11.1 Å². The Morgan fingerprint density at radius 2 is 1.50 bits per heavy atom. The van der Waals surface area contributed by atoms with E-state index >= 15 is 0 Å². The van der Waals surface area contributed by atoms with E-state index in [1.807, 2.05) is 0 Å². The van der Waals surface area contributed by atoms with Crippen LogP contribution in [0.2, 0.25) is 0 Å². The van der Waals surface area contributed by atoms with Crippen LogP contribution in [0.3, 0.4) is 0 Å². The molecule has 0 aliphatic heterocycles. The van der Waals surface area contributed by atoms with Crippen LogP contribution in [0.15, 0.2) is 72.8 Å². The van der Waals surface area contributed by atoms with Crippen molar-refractivity contribution in [3.63, 3.8) is 0 Å². The van der Waals surface area contributed by atoms with Crippen LogP contribution in [0.1, 0.15) is 48.6 Å². The number of para-hydroxylation sites is 1. The van der Waals surface area contributed by atoms with Crippen LogP contribution in [0.5, 0.6) is 0 Å². The van der Waals surface area contributed by atoms with Gasteiger partial charge in [0.25, 0.3) is 0 Å². The third kappa shape index (κ3) is 1.83. The Morgan fingerprint density at radius 3 is 2.39 bits per heavy atom. The molecule has 4 aliphatic rings. The lowest BCUT2D eigenvalue weighted by Gasteiger charge is -2.67. The second kappa shape index (κ2) is 5.29. The first-order chi connectivity index (χ1) is 13.8. The molecule has 1 spiro atoms. The molecule has 5 unspecified atom stereocenters. The summed E-state index contributed by atoms with van der Waals surface area (Å²) in [6.45, 7) is 0. The van der Waals surface area contributed by atoms with Crippen molar-refractivity contribution in [3.8, 4) is 11.1 Å². The Kier molecular flexibility index (Phi) is 2.91. The van der Waals surface area contributed by atoms with Gasteiger partial charge in [-0.1, -0.05) is 48.5 Å². The van der Waals surface area contributed by atoms with Crippen molar-refractivity contribution in [2.75, 3.05) is 5.32 Å². The average molecular weight is 364 g/mol. The standard InChI is InChI=1S/C27H25N/c1-2-6-20(7-3-1)28-21-10-11-24-25(15-21)23-9-5-4-8-22(23)17-12-18-13-19-14-26(24)27(18,19)16-17/h1-11,15,17-19,26,28H,12-14,16H2. The molecule has 3 saturated carbocycles. The Hall–Kier alpha value is -2.54. The largest absolute Gasteiger partial charge is 0.356 e. The number of hydrogen-bond donors (Lipinski definition) is 1. The fourth-order valence-electron chi connectivity index (χ4n) is 7.44. The SMILES string of the molecule is c1ccc(Nc2ccc3c(c2)-c2ccccc2C2CC4CC5CC3C45C2)cc1. The number of anilines is 2. The minimum atomic E-state index is 0.640. The molecule has 1 nitrogen and oxygen atoms in total. The van der Waals surface area contributed by atoms with Crippen molar-refractivity contribution in [1.29, 1.82) is 0 Å². The predicted molar refractivity (Wildman–Crippen MR) is 115 cm³/mol. The molecule has 2 bridgehead atoms. The second-order valence-corrected chi connectivity index (χ2v) is 9.55. The summed E-state index contributed by atoms with van der Waals surface area (Å²) in [4.78, 5) is 0. The first-order valence-corrected chi connectivity index (χ1v) is 10.9. The molecule has 0 radical (unpaired) electrons. The van der Waals surface area contributed by atoms with Gasteiger partial charge in [-0.2, -0.15) is 0 Å². The Bertz CT molecular complexity index is 1080. The normalized spacial score (nSPS) is 33.3. The van der Waals surface area contributed by atoms with E-state index in [2.05, 4.69) is 78.1 Å². The zero-order valence-corrected chi connectivity index (χ0v) is 16.1. The first-order valence-electron chi connectivity index (χ1n) is 10.9. The third-order valence-corrected chi connectivity index (χ3v) is 8.61. The molecule has 0 saturated heterocycles. The molecule has 0 aromatic heterocycles. The predicted octanol–water partition coefficient (Wildman–Crippen LogP) is 7.10. The van der Waals surface area contributed by atoms with Gasteiger partial charge in [0.15, 0.2) is 0 Å². The summed E-state index contributed by atoms with van der Waals surface area (Å²) >= 11 is 0. The molecule has 4 aliphatic carbocycles. The Labute approximate surface area is 166 Å². The van der Waals surface area contributed by atoms with Crippen molar-refractivity contribution in [1.82, 2.24) is 0 Å². The van der Waals surface area contributed by atoms with Crippen LogP contribution in [0.4, 0.5) is 11.4 Å². The lowest BCUT2D eigenvalue weighted by atomic mass is 9.37. The zero-order valence-electron chi connectivity index (χ0n) is 16.1. The van der Waals surface area contributed by atoms with Crippen LogP contribution in [-0.2, 0) is 0 Å². The molecule has 3 fully saturated rings. The molecule has 0 heterocycles. The lowest BCUT2D eigenvalue weighted by molar-refractivity contribution is -0.144. The summed E-state index contributed by atoms with van der Waals surface area (Å²) < 4.78 is 0. The van der Waals surface area contributed by atoms with Crippen LogP contribution in [-0.4, -0.2) is 0 Å². The van der Waals surface area contributed by atoms with E-state index in [-0.39, 0.29) is 0 Å². The maximum atomic E-state index is 3.62.